The third-order valence-corrected chi connectivity index (χ3v) is 3.96. The molecule has 1 heterocycles. The average Bonchev–Trinajstić information content (AvgIpc) is 3.01. The number of allylic oxidation sites excluding steroid dienone is 2. The Bertz CT molecular complexity index is 463. The van der Waals surface area contributed by atoms with Crippen LogP contribution in [0.1, 0.15) is 18.7 Å². The lowest BCUT2D eigenvalue weighted by molar-refractivity contribution is -0.125. The Morgan fingerprint density at radius 1 is 1.53 bits per heavy atom. The van der Waals surface area contributed by atoms with Crippen molar-refractivity contribution in [1.29, 1.82) is 0 Å². The minimum absolute atomic E-state index is 0.185. The number of carbonyl (C=O) groups is 1. The number of aryl methyl sites for hydroxylation is 1. The topological polar surface area (TPSA) is 46.9 Å². The smallest absolute Gasteiger partial charge is 0.224 e. The van der Waals surface area contributed by atoms with Gasteiger partial charge in [0.05, 0.1) is 6.54 Å². The van der Waals surface area contributed by atoms with Crippen molar-refractivity contribution in [3.05, 3.63) is 30.4 Å². The van der Waals surface area contributed by atoms with Crippen LogP contribution in [-0.4, -0.2) is 15.5 Å². The van der Waals surface area contributed by atoms with E-state index in [1.165, 1.54) is 6.42 Å². The van der Waals surface area contributed by atoms with E-state index in [0.29, 0.717) is 18.4 Å². The molecule has 3 atom stereocenters. The molecule has 90 valence electrons. The van der Waals surface area contributed by atoms with E-state index in [2.05, 4.69) is 22.5 Å². The van der Waals surface area contributed by atoms with Crippen LogP contribution in [0.3, 0.4) is 0 Å². The van der Waals surface area contributed by atoms with Crippen LogP contribution in [-0.2, 0) is 18.4 Å². The van der Waals surface area contributed by atoms with Crippen molar-refractivity contribution in [3.8, 4) is 0 Å². The van der Waals surface area contributed by atoms with Crippen molar-refractivity contribution >= 4 is 5.91 Å². The summed E-state index contributed by atoms with van der Waals surface area (Å²) < 4.78 is 1.93. The summed E-state index contributed by atoms with van der Waals surface area (Å²) in [7, 11) is 1.94. The standard InChI is InChI=1S/C13H17N3O/c1-16-5-4-14-12(16)8-15-13(17)11-7-9-2-3-10(11)6-9/h2-5,9-11H,6-8H2,1H3,(H,15,17)/t9-,10+,11+/m0/s1. The third-order valence-electron chi connectivity index (χ3n) is 3.96. The molecular formula is C13H17N3O. The second-order valence-electron chi connectivity index (χ2n) is 5.06. The van der Waals surface area contributed by atoms with Gasteiger partial charge in [-0.2, -0.15) is 0 Å². The number of hydrogen-bond donors (Lipinski definition) is 1. The number of rotatable bonds is 3. The molecule has 2 aliphatic carbocycles. The highest BCUT2D eigenvalue weighted by atomic mass is 16.1. The summed E-state index contributed by atoms with van der Waals surface area (Å²) >= 11 is 0. The van der Waals surface area contributed by atoms with Gasteiger partial charge in [-0.05, 0) is 24.7 Å². The van der Waals surface area contributed by atoms with E-state index in [-0.39, 0.29) is 11.8 Å². The van der Waals surface area contributed by atoms with Crippen molar-refractivity contribution in [1.82, 2.24) is 14.9 Å². The Kier molecular flexibility index (Phi) is 2.50. The Morgan fingerprint density at radius 2 is 2.41 bits per heavy atom. The zero-order valence-corrected chi connectivity index (χ0v) is 9.97. The maximum Gasteiger partial charge on any atom is 0.224 e. The molecule has 4 nitrogen and oxygen atoms in total. The highest BCUT2D eigenvalue weighted by Gasteiger charge is 2.39. The Balaban J connectivity index is 1.58. The Hall–Kier alpha value is -1.58. The van der Waals surface area contributed by atoms with Gasteiger partial charge in [0, 0.05) is 25.4 Å². The molecule has 0 saturated heterocycles. The number of amides is 1. The summed E-state index contributed by atoms with van der Waals surface area (Å²) in [6.07, 6.45) is 10.3. The number of nitrogens with one attached hydrogen (secondary N) is 1. The zero-order chi connectivity index (χ0) is 11.8. The summed E-state index contributed by atoms with van der Waals surface area (Å²) in [5.74, 6) is 2.39. The van der Waals surface area contributed by atoms with Crippen molar-refractivity contribution in [2.24, 2.45) is 24.8 Å². The van der Waals surface area contributed by atoms with Crippen LogP contribution in [0.25, 0.3) is 0 Å². The van der Waals surface area contributed by atoms with E-state index in [1.807, 2.05) is 17.8 Å². The summed E-state index contributed by atoms with van der Waals surface area (Å²) in [5.41, 5.74) is 0. The van der Waals surface area contributed by atoms with E-state index >= 15 is 0 Å². The number of hydrogen-bond acceptors (Lipinski definition) is 2. The highest BCUT2D eigenvalue weighted by Crippen LogP contribution is 2.43. The van der Waals surface area contributed by atoms with Gasteiger partial charge in [0.1, 0.15) is 5.82 Å². The first-order valence-electron chi connectivity index (χ1n) is 6.16. The maximum absolute atomic E-state index is 12.1. The molecule has 0 aliphatic heterocycles. The van der Waals surface area contributed by atoms with Crippen LogP contribution in [0.4, 0.5) is 0 Å². The summed E-state index contributed by atoms with van der Waals surface area (Å²) in [6.45, 7) is 0.528. The number of carbonyl (C=O) groups excluding carboxylic acids is 1. The van der Waals surface area contributed by atoms with Crippen LogP contribution < -0.4 is 5.32 Å². The van der Waals surface area contributed by atoms with E-state index in [0.717, 1.165) is 12.2 Å². The second-order valence-corrected chi connectivity index (χ2v) is 5.06. The van der Waals surface area contributed by atoms with Gasteiger partial charge >= 0.3 is 0 Å². The van der Waals surface area contributed by atoms with E-state index in [4.69, 9.17) is 0 Å². The molecule has 0 spiro atoms. The fourth-order valence-electron chi connectivity index (χ4n) is 2.95. The molecule has 1 aromatic rings. The molecule has 3 rings (SSSR count). The fraction of sp³-hybridized carbons (Fsp3) is 0.538. The second kappa shape index (κ2) is 4.02. The molecule has 0 aromatic carbocycles. The van der Waals surface area contributed by atoms with Crippen LogP contribution in [0.2, 0.25) is 0 Å². The lowest BCUT2D eigenvalue weighted by Crippen LogP contribution is -2.33. The van der Waals surface area contributed by atoms with Gasteiger partial charge in [-0.15, -0.1) is 0 Å². The first kappa shape index (κ1) is 10.6. The molecule has 4 heteroatoms. The molecule has 1 amide bonds. The molecule has 2 aliphatic rings. The maximum atomic E-state index is 12.1. The van der Waals surface area contributed by atoms with Gasteiger partial charge in [0.2, 0.25) is 5.91 Å². The van der Waals surface area contributed by atoms with Gasteiger partial charge in [0.15, 0.2) is 0 Å². The van der Waals surface area contributed by atoms with Gasteiger partial charge in [0.25, 0.3) is 0 Å². The van der Waals surface area contributed by atoms with Gasteiger partial charge in [-0.1, -0.05) is 12.2 Å². The fourth-order valence-corrected chi connectivity index (χ4v) is 2.95. The first-order chi connectivity index (χ1) is 8.24. The molecule has 1 aromatic heterocycles. The number of fused-ring (bicyclic) bond motifs is 2. The third kappa shape index (κ3) is 1.88. The van der Waals surface area contributed by atoms with Crippen LogP contribution in [0.15, 0.2) is 24.5 Å². The lowest BCUT2D eigenvalue weighted by Gasteiger charge is -2.17. The highest BCUT2D eigenvalue weighted by molar-refractivity contribution is 5.79. The first-order valence-corrected chi connectivity index (χ1v) is 6.16. The minimum Gasteiger partial charge on any atom is -0.349 e. The van der Waals surface area contributed by atoms with Gasteiger partial charge < -0.3 is 9.88 Å². The largest absolute Gasteiger partial charge is 0.349 e. The summed E-state index contributed by atoms with van der Waals surface area (Å²) in [5, 5.41) is 3.00. The van der Waals surface area contributed by atoms with E-state index in [9.17, 15) is 4.79 Å². The molecule has 2 bridgehead atoms. The Morgan fingerprint density at radius 3 is 3.00 bits per heavy atom. The van der Waals surface area contributed by atoms with Crippen molar-refractivity contribution < 1.29 is 4.79 Å². The molecule has 1 N–H and O–H groups in total. The number of imidazole rings is 1. The van der Waals surface area contributed by atoms with Crippen molar-refractivity contribution in [2.75, 3.05) is 0 Å². The van der Waals surface area contributed by atoms with Crippen LogP contribution >= 0.6 is 0 Å². The zero-order valence-electron chi connectivity index (χ0n) is 9.97. The van der Waals surface area contributed by atoms with E-state index in [1.54, 1.807) is 6.20 Å². The molecule has 0 unspecified atom stereocenters. The monoisotopic (exact) mass is 231 g/mol. The van der Waals surface area contributed by atoms with Crippen LogP contribution in [0, 0.1) is 17.8 Å². The molecule has 0 radical (unpaired) electrons. The molecule has 1 fully saturated rings. The van der Waals surface area contributed by atoms with E-state index < -0.39 is 0 Å². The number of aromatic nitrogens is 2. The van der Waals surface area contributed by atoms with Crippen molar-refractivity contribution in [3.63, 3.8) is 0 Å². The minimum atomic E-state index is 0.185. The predicted octanol–water partition coefficient (Wildman–Crippen LogP) is 1.25. The van der Waals surface area contributed by atoms with Crippen molar-refractivity contribution in [2.45, 2.75) is 19.4 Å². The molecule has 1 saturated carbocycles. The number of nitrogens with zero attached hydrogens (tertiary/aromatic N) is 2. The molecular weight excluding hydrogens is 214 g/mol. The van der Waals surface area contributed by atoms with Crippen LogP contribution in [0.5, 0.6) is 0 Å². The average molecular weight is 231 g/mol. The Labute approximate surface area is 101 Å². The summed E-state index contributed by atoms with van der Waals surface area (Å²) in [4.78, 5) is 16.3. The van der Waals surface area contributed by atoms with Gasteiger partial charge in [-0.3, -0.25) is 4.79 Å². The lowest BCUT2D eigenvalue weighted by atomic mass is 9.93. The summed E-state index contributed by atoms with van der Waals surface area (Å²) in [6, 6.07) is 0. The quantitative estimate of drug-likeness (QED) is 0.796. The SMILES string of the molecule is Cn1ccnc1CNC(=O)[C@@H]1C[C@H]2C=C[C@@H]1C2. The molecule has 17 heavy (non-hydrogen) atoms. The predicted molar refractivity (Wildman–Crippen MR) is 63.9 cm³/mol. The van der Waals surface area contributed by atoms with Gasteiger partial charge in [-0.25, -0.2) is 4.98 Å². The normalized spacial score (nSPS) is 29.8.